The first kappa shape index (κ1) is 25.6. The largest absolute Gasteiger partial charge is 0.491 e. The Morgan fingerprint density at radius 2 is 1.19 bits per heavy atom. The summed E-state index contributed by atoms with van der Waals surface area (Å²) >= 11 is 0. The fourth-order valence-corrected chi connectivity index (χ4v) is 18.1. The van der Waals surface area contributed by atoms with E-state index >= 15 is 0 Å². The lowest BCUT2D eigenvalue weighted by atomic mass is 10.3. The molecule has 0 aromatic heterocycles. The van der Waals surface area contributed by atoms with Crippen LogP contribution >= 0.6 is 0 Å². The molecule has 0 fully saturated rings. The highest BCUT2D eigenvalue weighted by molar-refractivity contribution is 6.88. The molecule has 0 amide bonds. The zero-order valence-electron chi connectivity index (χ0n) is 19.2. The summed E-state index contributed by atoms with van der Waals surface area (Å²) in [5.74, 6) is -0.281. The van der Waals surface area contributed by atoms with E-state index in [0.717, 1.165) is 12.8 Å². The molecule has 0 aliphatic carbocycles. The van der Waals surface area contributed by atoms with Crippen molar-refractivity contribution in [1.29, 1.82) is 0 Å². The number of carbonyl (C=O) groups is 1. The maximum absolute atomic E-state index is 12.6. The van der Waals surface area contributed by atoms with Gasteiger partial charge in [-0.15, -0.1) is 0 Å². The van der Waals surface area contributed by atoms with Gasteiger partial charge < -0.3 is 8.54 Å². The van der Waals surface area contributed by atoms with Crippen LogP contribution in [-0.4, -0.2) is 22.8 Å². The van der Waals surface area contributed by atoms with E-state index in [9.17, 15) is 4.79 Å². The van der Waals surface area contributed by atoms with Crippen LogP contribution in [0.3, 0.4) is 0 Å². The minimum atomic E-state index is -2.80. The topological polar surface area (TPSA) is 35.5 Å². The van der Waals surface area contributed by atoms with Gasteiger partial charge in [-0.2, -0.15) is 0 Å². The molecule has 0 spiro atoms. The normalized spacial score (nSPS) is 17.3. The smallest absolute Gasteiger partial charge is 0.397 e. The fourth-order valence-electron chi connectivity index (χ4n) is 4.34. The molecule has 0 heterocycles. The van der Waals surface area contributed by atoms with E-state index in [4.69, 9.17) is 8.54 Å². The van der Waals surface area contributed by atoms with Crippen LogP contribution in [-0.2, 0) is 13.3 Å². The first-order chi connectivity index (χ1) is 11.8. The van der Waals surface area contributed by atoms with Gasteiger partial charge in [0, 0.05) is 16.7 Å². The summed E-state index contributed by atoms with van der Waals surface area (Å²) < 4.78 is 13.7. The number of hydrogen-bond acceptors (Lipinski definition) is 3. The van der Waals surface area contributed by atoms with Gasteiger partial charge in [0.05, 0.1) is 0 Å². The average Bonchev–Trinajstić information content (AvgIpc) is 2.55. The fraction of sp³-hybridized carbons (Fsp3) is 0.857. The molecule has 0 aromatic carbocycles. The third-order valence-electron chi connectivity index (χ3n) is 6.24. The van der Waals surface area contributed by atoms with Crippen molar-refractivity contribution in [2.45, 2.75) is 117 Å². The van der Waals surface area contributed by atoms with Gasteiger partial charge in [0.1, 0.15) is 0 Å². The molecular formula is C21H44O3Si2. The van der Waals surface area contributed by atoms with E-state index in [1.165, 1.54) is 0 Å². The van der Waals surface area contributed by atoms with Crippen LogP contribution in [0.4, 0.5) is 0 Å². The van der Waals surface area contributed by atoms with Gasteiger partial charge in [-0.05, 0) is 23.5 Å². The quantitative estimate of drug-likeness (QED) is 0.269. The second-order valence-electron chi connectivity index (χ2n) is 8.93. The Balaban J connectivity index is 6.51. The molecule has 0 aliphatic heterocycles. The standard InChI is InChI=1S/C21H44O3Si2/c1-13-19(11)26(20(12)14-2,23-21(22)15(3)4)24-25(16(5)6,17(7)8)18(9)10/h16-20H,3,13-14H2,1-2,4-12H3. The van der Waals surface area contributed by atoms with E-state index in [0.29, 0.717) is 22.2 Å². The maximum Gasteiger partial charge on any atom is 0.397 e. The summed E-state index contributed by atoms with van der Waals surface area (Å²) in [4.78, 5) is 12.6. The van der Waals surface area contributed by atoms with E-state index in [1.54, 1.807) is 6.92 Å². The van der Waals surface area contributed by atoms with Crippen LogP contribution in [0.2, 0.25) is 27.7 Å². The highest BCUT2D eigenvalue weighted by Crippen LogP contribution is 2.49. The van der Waals surface area contributed by atoms with E-state index in [2.05, 4.69) is 75.8 Å². The summed E-state index contributed by atoms with van der Waals surface area (Å²) in [5.41, 5.74) is 2.36. The van der Waals surface area contributed by atoms with Gasteiger partial charge >= 0.3 is 14.5 Å². The second-order valence-corrected chi connectivity index (χ2v) is 18.5. The van der Waals surface area contributed by atoms with Gasteiger partial charge in [0.15, 0.2) is 8.32 Å². The molecule has 0 radical (unpaired) electrons. The number of hydrogen-bond donors (Lipinski definition) is 0. The van der Waals surface area contributed by atoms with Crippen LogP contribution in [0.5, 0.6) is 0 Å². The van der Waals surface area contributed by atoms with Crippen molar-refractivity contribution in [3.63, 3.8) is 0 Å². The Morgan fingerprint density at radius 3 is 1.42 bits per heavy atom. The molecule has 0 saturated carbocycles. The van der Waals surface area contributed by atoms with E-state index < -0.39 is 16.9 Å². The second kappa shape index (κ2) is 10.2. The molecule has 0 bridgehead atoms. The third-order valence-corrected chi connectivity index (χ3v) is 18.4. The molecule has 5 heteroatoms. The molecule has 0 aliphatic rings. The van der Waals surface area contributed by atoms with E-state index in [1.807, 2.05) is 0 Å². The zero-order chi connectivity index (χ0) is 20.9. The summed E-state index contributed by atoms with van der Waals surface area (Å²) in [6.45, 7) is 28.1. The number of rotatable bonds is 11. The Kier molecular flexibility index (Phi) is 10.1. The predicted octanol–water partition coefficient (Wildman–Crippen LogP) is 7.34. The maximum atomic E-state index is 12.6. The molecule has 2 atom stereocenters. The molecular weight excluding hydrogens is 356 g/mol. The Bertz CT molecular complexity index is 440. The van der Waals surface area contributed by atoms with Crippen molar-refractivity contribution in [2.24, 2.45) is 0 Å². The molecule has 26 heavy (non-hydrogen) atoms. The summed E-state index contributed by atoms with van der Waals surface area (Å²) in [6.07, 6.45) is 1.91. The van der Waals surface area contributed by atoms with Crippen molar-refractivity contribution < 1.29 is 13.3 Å². The highest BCUT2D eigenvalue weighted by atomic mass is 28.4. The number of carbonyl (C=O) groups excluding carboxylic acids is 1. The van der Waals surface area contributed by atoms with Crippen LogP contribution in [0.25, 0.3) is 0 Å². The average molecular weight is 401 g/mol. The van der Waals surface area contributed by atoms with Crippen molar-refractivity contribution in [1.82, 2.24) is 0 Å². The minimum absolute atomic E-state index is 0.254. The molecule has 3 nitrogen and oxygen atoms in total. The zero-order valence-corrected chi connectivity index (χ0v) is 21.2. The predicted molar refractivity (Wildman–Crippen MR) is 118 cm³/mol. The summed E-state index contributed by atoms with van der Waals surface area (Å²) in [5, 5.41) is 0. The van der Waals surface area contributed by atoms with Crippen molar-refractivity contribution in [3.05, 3.63) is 12.2 Å². The molecule has 2 unspecified atom stereocenters. The SMILES string of the molecule is C=C(C)C(=O)O[Si](O[Si](C(C)C)(C(C)C)C(C)C)(C(C)CC)C(C)CC. The lowest BCUT2D eigenvalue weighted by Crippen LogP contribution is -2.62. The monoisotopic (exact) mass is 400 g/mol. The Morgan fingerprint density at radius 1 is 0.846 bits per heavy atom. The van der Waals surface area contributed by atoms with Crippen molar-refractivity contribution in [3.8, 4) is 0 Å². The summed E-state index contributed by atoms with van der Waals surface area (Å²) in [6, 6.07) is 0. The highest BCUT2D eigenvalue weighted by Gasteiger charge is 2.58. The molecule has 0 aromatic rings. The molecule has 0 rings (SSSR count). The lowest BCUT2D eigenvalue weighted by Gasteiger charge is -2.51. The van der Waals surface area contributed by atoms with Crippen molar-refractivity contribution >= 4 is 22.8 Å². The van der Waals surface area contributed by atoms with Crippen LogP contribution < -0.4 is 0 Å². The molecule has 0 N–H and O–H groups in total. The minimum Gasteiger partial charge on any atom is -0.491 e. The van der Waals surface area contributed by atoms with Crippen molar-refractivity contribution in [2.75, 3.05) is 0 Å². The molecule has 154 valence electrons. The van der Waals surface area contributed by atoms with Gasteiger partial charge in [-0.1, -0.05) is 88.7 Å². The molecule has 0 saturated heterocycles. The van der Waals surface area contributed by atoms with Crippen LogP contribution in [0, 0.1) is 0 Å². The van der Waals surface area contributed by atoms with E-state index in [-0.39, 0.29) is 17.1 Å². The van der Waals surface area contributed by atoms with Gasteiger partial charge in [0.2, 0.25) is 0 Å². The first-order valence-electron chi connectivity index (χ1n) is 10.4. The Labute approximate surface area is 165 Å². The first-order valence-corrected chi connectivity index (χ1v) is 14.5. The van der Waals surface area contributed by atoms with Gasteiger partial charge in [0.25, 0.3) is 0 Å². The Hall–Kier alpha value is -0.396. The van der Waals surface area contributed by atoms with Gasteiger partial charge in [-0.25, -0.2) is 4.79 Å². The van der Waals surface area contributed by atoms with Crippen LogP contribution in [0.15, 0.2) is 12.2 Å². The van der Waals surface area contributed by atoms with Crippen LogP contribution in [0.1, 0.15) is 89.0 Å². The lowest BCUT2D eigenvalue weighted by molar-refractivity contribution is -0.132. The summed E-state index contributed by atoms with van der Waals surface area (Å²) in [7, 11) is -4.97. The third kappa shape index (κ3) is 5.11. The van der Waals surface area contributed by atoms with Gasteiger partial charge in [-0.3, -0.25) is 0 Å².